The molecule has 2 aliphatic rings. The molecule has 0 spiro atoms. The highest BCUT2D eigenvalue weighted by molar-refractivity contribution is 7.91. The predicted molar refractivity (Wildman–Crippen MR) is 117 cm³/mol. The van der Waals surface area contributed by atoms with Gasteiger partial charge in [-0.1, -0.05) is 11.6 Å². The number of phenols is 1. The largest absolute Gasteiger partial charge is 0.507 e. The van der Waals surface area contributed by atoms with E-state index in [0.717, 1.165) is 30.4 Å². The molecule has 0 aliphatic heterocycles. The van der Waals surface area contributed by atoms with E-state index in [1.807, 2.05) is 0 Å². The van der Waals surface area contributed by atoms with Crippen molar-refractivity contribution in [1.82, 2.24) is 0 Å². The van der Waals surface area contributed by atoms with Crippen LogP contribution in [0.15, 0.2) is 29.2 Å². The fourth-order valence-electron chi connectivity index (χ4n) is 3.88. The Morgan fingerprint density at radius 3 is 2.56 bits per heavy atom. The molecule has 1 amide bonds. The van der Waals surface area contributed by atoms with Gasteiger partial charge in [-0.3, -0.25) is 9.59 Å². The first-order valence-electron chi connectivity index (χ1n) is 10.2. The molecule has 0 radical (unpaired) electrons. The number of aliphatic carboxylic acids is 1. The molecule has 2 aliphatic carbocycles. The lowest BCUT2D eigenvalue weighted by Gasteiger charge is -2.17. The second-order valence-electron chi connectivity index (χ2n) is 8.12. The minimum Gasteiger partial charge on any atom is -0.507 e. The van der Waals surface area contributed by atoms with E-state index in [2.05, 4.69) is 5.32 Å². The highest BCUT2D eigenvalue weighted by Crippen LogP contribution is 2.44. The van der Waals surface area contributed by atoms with Gasteiger partial charge in [0, 0.05) is 17.3 Å². The van der Waals surface area contributed by atoms with Gasteiger partial charge in [-0.2, -0.15) is 0 Å². The molecule has 32 heavy (non-hydrogen) atoms. The predicted octanol–water partition coefficient (Wildman–Crippen LogP) is 3.92. The third kappa shape index (κ3) is 4.83. The Morgan fingerprint density at radius 2 is 1.88 bits per heavy atom. The molecule has 3 N–H and O–H groups in total. The maximum atomic E-state index is 12.7. The van der Waals surface area contributed by atoms with Gasteiger partial charge in [-0.05, 0) is 61.8 Å². The number of carbonyl (C=O) groups excluding carboxylic acids is 1. The maximum Gasteiger partial charge on any atom is 0.312 e. The zero-order valence-electron chi connectivity index (χ0n) is 17.1. The van der Waals surface area contributed by atoms with Crippen LogP contribution in [0.2, 0.25) is 5.02 Å². The molecular formula is C22H22ClNO7S. The van der Waals surface area contributed by atoms with Crippen molar-refractivity contribution in [3.05, 3.63) is 40.4 Å². The summed E-state index contributed by atoms with van der Waals surface area (Å²) in [5.74, 6) is -1.52. The first kappa shape index (κ1) is 22.4. The monoisotopic (exact) mass is 479 g/mol. The van der Waals surface area contributed by atoms with Gasteiger partial charge >= 0.3 is 5.97 Å². The molecule has 0 unspecified atom stereocenters. The molecule has 0 atom stereocenters. The highest BCUT2D eigenvalue weighted by atomic mass is 35.5. The summed E-state index contributed by atoms with van der Waals surface area (Å²) >= 11 is 6.43. The van der Waals surface area contributed by atoms with Gasteiger partial charge in [0.1, 0.15) is 28.6 Å². The van der Waals surface area contributed by atoms with Crippen LogP contribution >= 0.6 is 11.6 Å². The smallest absolute Gasteiger partial charge is 0.312 e. The fourth-order valence-corrected chi connectivity index (χ4v) is 5.96. The van der Waals surface area contributed by atoms with Crippen molar-refractivity contribution in [1.29, 1.82) is 0 Å². The average molecular weight is 480 g/mol. The van der Waals surface area contributed by atoms with E-state index in [1.165, 1.54) is 24.3 Å². The molecule has 170 valence electrons. The number of hydrogen-bond donors (Lipinski definition) is 3. The lowest BCUT2D eigenvalue weighted by Crippen LogP contribution is -2.17. The van der Waals surface area contributed by atoms with Crippen molar-refractivity contribution in [2.24, 2.45) is 5.92 Å². The van der Waals surface area contributed by atoms with E-state index >= 15 is 0 Å². The molecule has 0 aromatic heterocycles. The van der Waals surface area contributed by atoms with Crippen molar-refractivity contribution in [3.8, 4) is 17.2 Å². The van der Waals surface area contributed by atoms with Crippen LogP contribution in [0, 0.1) is 5.92 Å². The van der Waals surface area contributed by atoms with Crippen LogP contribution in [0.5, 0.6) is 17.2 Å². The van der Waals surface area contributed by atoms with E-state index in [1.54, 1.807) is 0 Å². The summed E-state index contributed by atoms with van der Waals surface area (Å²) in [4.78, 5) is 22.5. The quantitative estimate of drug-likeness (QED) is 0.489. The van der Waals surface area contributed by atoms with Crippen LogP contribution < -0.4 is 10.1 Å². The summed E-state index contributed by atoms with van der Waals surface area (Å²) in [6, 6.07) is 5.55. The number of halogens is 1. The number of amides is 1. The summed E-state index contributed by atoms with van der Waals surface area (Å²) in [5, 5.41) is 21.7. The van der Waals surface area contributed by atoms with Gasteiger partial charge in [0.2, 0.25) is 5.91 Å². The van der Waals surface area contributed by atoms with Gasteiger partial charge in [0.15, 0.2) is 9.84 Å². The Hall–Kier alpha value is -2.78. The van der Waals surface area contributed by atoms with Crippen LogP contribution in [-0.2, 0) is 32.3 Å². The summed E-state index contributed by atoms with van der Waals surface area (Å²) in [5.41, 5.74) is 2.03. The number of carbonyl (C=O) groups is 2. The van der Waals surface area contributed by atoms with Crippen LogP contribution in [0.4, 0.5) is 5.69 Å². The summed E-state index contributed by atoms with van der Waals surface area (Å²) in [6.07, 6.45) is 3.17. The van der Waals surface area contributed by atoms with Crippen molar-refractivity contribution in [2.75, 3.05) is 11.1 Å². The van der Waals surface area contributed by atoms with E-state index in [-0.39, 0.29) is 33.1 Å². The Balaban J connectivity index is 1.64. The zero-order valence-corrected chi connectivity index (χ0v) is 18.6. The number of fused-ring (bicyclic) bond motifs is 1. The number of carboxylic acid groups (broad SMARTS) is 1. The second kappa shape index (κ2) is 8.63. The number of phenolic OH excluding ortho intramolecular Hbond substituents is 1. The topological polar surface area (TPSA) is 130 Å². The van der Waals surface area contributed by atoms with Crippen LogP contribution in [0.3, 0.4) is 0 Å². The van der Waals surface area contributed by atoms with Crippen LogP contribution in [0.1, 0.15) is 36.8 Å². The molecule has 0 saturated heterocycles. The van der Waals surface area contributed by atoms with Gasteiger partial charge in [-0.15, -0.1) is 0 Å². The molecule has 2 aromatic rings. The minimum atomic E-state index is -3.65. The van der Waals surface area contributed by atoms with Gasteiger partial charge in [0.05, 0.1) is 10.8 Å². The Bertz CT molecular complexity index is 1210. The van der Waals surface area contributed by atoms with Crippen molar-refractivity contribution in [2.45, 2.75) is 43.4 Å². The second-order valence-corrected chi connectivity index (χ2v) is 10.5. The van der Waals surface area contributed by atoms with Crippen LogP contribution in [0.25, 0.3) is 0 Å². The number of anilines is 1. The van der Waals surface area contributed by atoms with Gasteiger partial charge in [0.25, 0.3) is 0 Å². The minimum absolute atomic E-state index is 0.00902. The molecule has 8 nitrogen and oxygen atoms in total. The van der Waals surface area contributed by atoms with Crippen molar-refractivity contribution in [3.63, 3.8) is 0 Å². The Morgan fingerprint density at radius 1 is 1.16 bits per heavy atom. The number of ether oxygens (including phenoxy) is 1. The number of aromatic hydroxyl groups is 1. The molecule has 1 saturated carbocycles. The SMILES string of the molecule is O=C(O)CC(=O)Nc1cc(Cl)c(Oc2ccc(O)c(S(=O)(=O)CC3CC3)c2)c2c1CCC2. The summed E-state index contributed by atoms with van der Waals surface area (Å²) < 4.78 is 31.3. The molecular weight excluding hydrogens is 458 g/mol. The fraction of sp³-hybridized carbons (Fsp3) is 0.364. The molecule has 10 heteroatoms. The molecule has 4 rings (SSSR count). The van der Waals surface area contributed by atoms with E-state index in [4.69, 9.17) is 21.4 Å². The van der Waals surface area contributed by atoms with Gasteiger partial charge < -0.3 is 20.3 Å². The van der Waals surface area contributed by atoms with E-state index < -0.39 is 28.1 Å². The number of rotatable bonds is 8. The Labute approximate surface area is 190 Å². The highest BCUT2D eigenvalue weighted by Gasteiger charge is 2.31. The standard InChI is InChI=1S/C22H22ClNO7S/c23-16-9-17(24-20(26)10-21(27)28)14-2-1-3-15(14)22(16)31-13-6-7-18(25)19(8-13)32(29,30)11-12-4-5-12/h6-9,12,25H,1-5,10-11H2,(H,24,26)(H,27,28). The summed E-state index contributed by atoms with van der Waals surface area (Å²) in [6.45, 7) is 0. The zero-order chi connectivity index (χ0) is 23.0. The number of carboxylic acids is 1. The molecule has 2 aromatic carbocycles. The molecule has 0 heterocycles. The number of sulfone groups is 1. The lowest BCUT2D eigenvalue weighted by molar-refractivity contribution is -0.139. The average Bonchev–Trinajstić information content (AvgIpc) is 3.35. The van der Waals surface area contributed by atoms with Crippen LogP contribution in [-0.4, -0.2) is 36.3 Å². The maximum absolute atomic E-state index is 12.7. The van der Waals surface area contributed by atoms with E-state index in [9.17, 15) is 23.1 Å². The van der Waals surface area contributed by atoms with Gasteiger partial charge in [-0.25, -0.2) is 8.42 Å². The number of nitrogens with one attached hydrogen (secondary N) is 1. The van der Waals surface area contributed by atoms with Crippen molar-refractivity contribution >= 4 is 39.0 Å². The number of hydrogen-bond acceptors (Lipinski definition) is 6. The lowest BCUT2D eigenvalue weighted by atomic mass is 10.1. The first-order chi connectivity index (χ1) is 15.1. The third-order valence-corrected chi connectivity index (χ3v) is 7.72. The molecule has 1 fully saturated rings. The summed E-state index contributed by atoms with van der Waals surface area (Å²) in [7, 11) is -3.65. The van der Waals surface area contributed by atoms with E-state index in [0.29, 0.717) is 24.3 Å². The van der Waals surface area contributed by atoms with Crippen molar-refractivity contribution < 1.29 is 33.0 Å². The molecule has 0 bridgehead atoms. The number of benzene rings is 2. The third-order valence-electron chi connectivity index (χ3n) is 5.53. The normalized spacial score (nSPS) is 15.3. The first-order valence-corrected chi connectivity index (χ1v) is 12.3. The Kier molecular flexibility index (Phi) is 6.05.